The molecule has 1 amide bonds. The molecule has 6 nitrogen and oxygen atoms in total. The number of nitrogens with zero attached hydrogens (tertiary/aromatic N) is 3. The lowest BCUT2D eigenvalue weighted by Gasteiger charge is -2.20. The number of carbonyl (C=O) groups is 1. The van der Waals surface area contributed by atoms with Crippen molar-refractivity contribution in [2.75, 3.05) is 19.0 Å². The van der Waals surface area contributed by atoms with Gasteiger partial charge in [0.25, 0.3) is 5.91 Å². The number of hydrogen-bond donors (Lipinski definition) is 2. The Balaban J connectivity index is 2.67. The molecule has 1 unspecified atom stereocenters. The predicted molar refractivity (Wildman–Crippen MR) is 66.3 cm³/mol. The molecule has 1 aromatic heterocycles. The van der Waals surface area contributed by atoms with E-state index in [1.165, 1.54) is 0 Å². The molecule has 0 aliphatic heterocycles. The van der Waals surface area contributed by atoms with E-state index in [1.54, 1.807) is 24.1 Å². The minimum atomic E-state index is -0.124. The third-order valence-electron chi connectivity index (χ3n) is 2.66. The zero-order chi connectivity index (χ0) is 12.8. The number of hydrogen-bond acceptors (Lipinski definition) is 5. The van der Waals surface area contributed by atoms with Crippen LogP contribution in [0.15, 0.2) is 12.1 Å². The van der Waals surface area contributed by atoms with Gasteiger partial charge in [0.05, 0.1) is 0 Å². The van der Waals surface area contributed by atoms with E-state index in [0.29, 0.717) is 24.0 Å². The monoisotopic (exact) mass is 237 g/mol. The van der Waals surface area contributed by atoms with Gasteiger partial charge in [0.15, 0.2) is 11.5 Å². The molecule has 0 aromatic carbocycles. The van der Waals surface area contributed by atoms with Crippen molar-refractivity contribution >= 4 is 11.7 Å². The van der Waals surface area contributed by atoms with Crippen LogP contribution in [-0.2, 0) is 0 Å². The van der Waals surface area contributed by atoms with Crippen molar-refractivity contribution in [3.8, 4) is 0 Å². The highest BCUT2D eigenvalue weighted by Gasteiger charge is 2.15. The van der Waals surface area contributed by atoms with Gasteiger partial charge in [-0.2, -0.15) is 0 Å². The summed E-state index contributed by atoms with van der Waals surface area (Å²) >= 11 is 0. The molecule has 0 saturated heterocycles. The molecular weight excluding hydrogens is 218 g/mol. The maximum Gasteiger partial charge on any atom is 0.274 e. The smallest absolute Gasteiger partial charge is 0.274 e. The number of aromatic nitrogens is 2. The fraction of sp³-hybridized carbons (Fsp3) is 0.545. The van der Waals surface area contributed by atoms with E-state index in [0.717, 1.165) is 6.42 Å². The molecule has 0 radical (unpaired) electrons. The Kier molecular flexibility index (Phi) is 4.84. The highest BCUT2D eigenvalue weighted by Crippen LogP contribution is 2.07. The second-order valence-electron chi connectivity index (χ2n) is 4.15. The summed E-state index contributed by atoms with van der Waals surface area (Å²) in [7, 11) is 1.77. The molecule has 0 spiro atoms. The summed E-state index contributed by atoms with van der Waals surface area (Å²) in [5.41, 5.74) is 2.69. The van der Waals surface area contributed by atoms with Crippen molar-refractivity contribution in [1.29, 1.82) is 0 Å². The van der Waals surface area contributed by atoms with Gasteiger partial charge in [0.1, 0.15) is 0 Å². The molecule has 6 heteroatoms. The Morgan fingerprint density at radius 2 is 2.24 bits per heavy atom. The Morgan fingerprint density at radius 3 is 2.71 bits per heavy atom. The first-order valence-corrected chi connectivity index (χ1v) is 5.64. The van der Waals surface area contributed by atoms with Crippen LogP contribution in [0.1, 0.15) is 30.8 Å². The number of rotatable bonds is 5. The van der Waals surface area contributed by atoms with Crippen LogP contribution in [0, 0.1) is 5.92 Å². The van der Waals surface area contributed by atoms with Crippen molar-refractivity contribution in [2.45, 2.75) is 20.3 Å². The van der Waals surface area contributed by atoms with Crippen LogP contribution < -0.4 is 11.3 Å². The number of nitrogens with two attached hydrogens (primary N) is 1. The number of hydrazine groups is 1. The summed E-state index contributed by atoms with van der Waals surface area (Å²) in [6.45, 7) is 4.93. The van der Waals surface area contributed by atoms with Crippen LogP contribution in [0.3, 0.4) is 0 Å². The Hall–Kier alpha value is -1.69. The highest BCUT2D eigenvalue weighted by atomic mass is 16.2. The van der Waals surface area contributed by atoms with E-state index >= 15 is 0 Å². The van der Waals surface area contributed by atoms with Crippen molar-refractivity contribution in [3.63, 3.8) is 0 Å². The SMILES string of the molecule is CCC(C)CN(C)C(=O)c1ccc(NN)nn1. The van der Waals surface area contributed by atoms with E-state index in [4.69, 9.17) is 5.84 Å². The van der Waals surface area contributed by atoms with Gasteiger partial charge in [-0.1, -0.05) is 20.3 Å². The highest BCUT2D eigenvalue weighted by molar-refractivity contribution is 5.92. The summed E-state index contributed by atoms with van der Waals surface area (Å²) in [5, 5.41) is 7.59. The molecule has 1 atom stereocenters. The molecule has 3 N–H and O–H groups in total. The number of nitrogens with one attached hydrogen (secondary N) is 1. The Morgan fingerprint density at radius 1 is 1.53 bits per heavy atom. The molecule has 94 valence electrons. The topological polar surface area (TPSA) is 84.1 Å². The van der Waals surface area contributed by atoms with Crippen LogP contribution in [0.5, 0.6) is 0 Å². The van der Waals surface area contributed by atoms with E-state index in [-0.39, 0.29) is 5.91 Å². The third kappa shape index (κ3) is 3.67. The van der Waals surface area contributed by atoms with E-state index in [9.17, 15) is 4.79 Å². The predicted octanol–water partition coefficient (Wildman–Crippen LogP) is 0.880. The Bertz CT molecular complexity index is 365. The van der Waals surface area contributed by atoms with Crippen LogP contribution >= 0.6 is 0 Å². The molecule has 0 saturated carbocycles. The number of amides is 1. The van der Waals surface area contributed by atoms with Crippen molar-refractivity contribution in [3.05, 3.63) is 17.8 Å². The number of carbonyl (C=O) groups excluding carboxylic acids is 1. The molecule has 0 bridgehead atoms. The zero-order valence-corrected chi connectivity index (χ0v) is 10.5. The zero-order valence-electron chi connectivity index (χ0n) is 10.5. The molecular formula is C11H19N5O. The fourth-order valence-corrected chi connectivity index (χ4v) is 1.40. The molecule has 0 fully saturated rings. The van der Waals surface area contributed by atoms with E-state index < -0.39 is 0 Å². The first-order chi connectivity index (χ1) is 8.08. The minimum Gasteiger partial charge on any atom is -0.340 e. The standard InChI is InChI=1S/C11H19N5O/c1-4-8(2)7-16(3)11(17)9-5-6-10(13-12)15-14-9/h5-6,8H,4,7,12H2,1-3H3,(H,13,15). The lowest BCUT2D eigenvalue weighted by atomic mass is 10.1. The van der Waals surface area contributed by atoms with Crippen LogP contribution in [0.2, 0.25) is 0 Å². The minimum absolute atomic E-state index is 0.124. The second-order valence-corrected chi connectivity index (χ2v) is 4.15. The molecule has 1 rings (SSSR count). The average Bonchev–Trinajstić information content (AvgIpc) is 2.37. The average molecular weight is 237 g/mol. The molecule has 0 aliphatic rings. The van der Waals surface area contributed by atoms with Gasteiger partial charge in [-0.3, -0.25) is 4.79 Å². The number of anilines is 1. The Labute approximate surface area is 101 Å². The van der Waals surface area contributed by atoms with Gasteiger partial charge < -0.3 is 10.3 Å². The maximum atomic E-state index is 12.0. The first kappa shape index (κ1) is 13.4. The van der Waals surface area contributed by atoms with Gasteiger partial charge in [0, 0.05) is 13.6 Å². The van der Waals surface area contributed by atoms with E-state index in [1.807, 2.05) is 0 Å². The molecule has 1 heterocycles. The van der Waals surface area contributed by atoms with Crippen molar-refractivity contribution in [2.24, 2.45) is 11.8 Å². The van der Waals surface area contributed by atoms with Crippen molar-refractivity contribution < 1.29 is 4.79 Å². The third-order valence-corrected chi connectivity index (χ3v) is 2.66. The second kappa shape index (κ2) is 6.15. The van der Waals surface area contributed by atoms with Gasteiger partial charge in [-0.25, -0.2) is 5.84 Å². The summed E-state index contributed by atoms with van der Waals surface area (Å²) in [4.78, 5) is 13.6. The largest absolute Gasteiger partial charge is 0.340 e. The quantitative estimate of drug-likeness (QED) is 0.586. The van der Waals surface area contributed by atoms with Crippen molar-refractivity contribution in [1.82, 2.24) is 15.1 Å². The molecule has 0 aliphatic carbocycles. The fourth-order valence-electron chi connectivity index (χ4n) is 1.40. The van der Waals surface area contributed by atoms with E-state index in [2.05, 4.69) is 29.5 Å². The number of nitrogen functional groups attached to an aromatic ring is 1. The summed E-state index contributed by atoms with van der Waals surface area (Å²) < 4.78 is 0. The van der Waals surface area contributed by atoms with Crippen LogP contribution in [0.25, 0.3) is 0 Å². The van der Waals surface area contributed by atoms with Gasteiger partial charge in [-0.05, 0) is 18.1 Å². The first-order valence-electron chi connectivity index (χ1n) is 5.64. The summed E-state index contributed by atoms with van der Waals surface area (Å²) in [5.74, 6) is 5.96. The summed E-state index contributed by atoms with van der Waals surface area (Å²) in [6, 6.07) is 3.23. The lowest BCUT2D eigenvalue weighted by molar-refractivity contribution is 0.0768. The maximum absolute atomic E-state index is 12.0. The van der Waals surface area contributed by atoms with Gasteiger partial charge >= 0.3 is 0 Å². The van der Waals surface area contributed by atoms with Gasteiger partial charge in [-0.15, -0.1) is 10.2 Å². The molecule has 17 heavy (non-hydrogen) atoms. The van der Waals surface area contributed by atoms with Gasteiger partial charge in [0.2, 0.25) is 0 Å². The molecule has 1 aromatic rings. The lowest BCUT2D eigenvalue weighted by Crippen LogP contribution is -2.31. The van der Waals surface area contributed by atoms with Crippen LogP contribution in [-0.4, -0.2) is 34.6 Å². The summed E-state index contributed by atoms with van der Waals surface area (Å²) in [6.07, 6.45) is 1.04. The normalized spacial score (nSPS) is 12.0. The van der Waals surface area contributed by atoms with Crippen LogP contribution in [0.4, 0.5) is 5.82 Å².